The minimum Gasteiger partial charge on any atom is -0.429 e. The third kappa shape index (κ3) is 26.1. The van der Waals surface area contributed by atoms with Crippen LogP contribution in [0.3, 0.4) is 0 Å². The van der Waals surface area contributed by atoms with Gasteiger partial charge in [0.1, 0.15) is 17.5 Å². The molecule has 3 atom stereocenters. The SMILES string of the molecule is CC[C@@H](N(N)C(=O)c1cc(C)cc(C)c1)C(C)(C)C.CC[C@@H](N(NC(=O)c1ccc(COC)c(B2OC(C)(C)C(C)(C)O2)c1F)C(=O)c1cc(C)cc(C)c1)C(C)(C)C.CC[C@@H](N(NC(=O)c1ccc(COC)cc1F)C(=O)c1cc(C)cc(C)c1)C(C)(C)C.COCc1ccc(C(=O)Cl)c(F)c1B1OC(C)(C)C(C)(C)O1.O[B]O. The maximum absolute atomic E-state index is 16.3. The van der Waals surface area contributed by atoms with E-state index < -0.39 is 71.1 Å². The van der Waals surface area contributed by atoms with Gasteiger partial charge < -0.3 is 42.9 Å². The Bertz CT molecular complexity index is 4280. The van der Waals surface area contributed by atoms with Crippen LogP contribution in [0.4, 0.5) is 13.2 Å². The second kappa shape index (κ2) is 41.6. The van der Waals surface area contributed by atoms with E-state index in [-0.39, 0.29) is 107 Å². The second-order valence-corrected chi connectivity index (χ2v) is 35.0. The van der Waals surface area contributed by atoms with Crippen molar-refractivity contribution in [2.24, 2.45) is 22.1 Å². The highest BCUT2D eigenvalue weighted by Gasteiger charge is 2.55. The van der Waals surface area contributed by atoms with Crippen molar-refractivity contribution >= 4 is 79.2 Å². The number of benzene rings is 6. The van der Waals surface area contributed by atoms with Gasteiger partial charge in [-0.25, -0.2) is 29.0 Å². The number of ether oxygens (including phenoxy) is 3. The highest BCUT2D eigenvalue weighted by Crippen LogP contribution is 2.40. The first-order chi connectivity index (χ1) is 53.1. The number of carbonyl (C=O) groups excluding carboxylic acids is 6. The summed E-state index contributed by atoms with van der Waals surface area (Å²) in [7, 11) is 2.58. The largest absolute Gasteiger partial charge is 0.498 e. The first-order valence-electron chi connectivity index (χ1n) is 38.6. The molecule has 6 aromatic rings. The summed E-state index contributed by atoms with van der Waals surface area (Å²) in [6.45, 7) is 51.6. The molecule has 1 radical (unpaired) electrons. The minimum atomic E-state index is -1.03. The Kier molecular flexibility index (Phi) is 36.0. The zero-order valence-electron chi connectivity index (χ0n) is 73.1. The molecular formula is C87H124B3ClF3N6O15. The fourth-order valence-corrected chi connectivity index (χ4v) is 14.1. The number of rotatable bonds is 20. The number of halogens is 4. The van der Waals surface area contributed by atoms with Crippen molar-refractivity contribution in [3.63, 3.8) is 0 Å². The first-order valence-corrected chi connectivity index (χ1v) is 39.0. The van der Waals surface area contributed by atoms with E-state index >= 15 is 4.39 Å². The Morgan fingerprint density at radius 1 is 0.470 bits per heavy atom. The van der Waals surface area contributed by atoms with Crippen molar-refractivity contribution in [1.29, 1.82) is 0 Å². The molecule has 0 saturated carbocycles. The lowest BCUT2D eigenvalue weighted by molar-refractivity contribution is 0.00578. The standard InChI is InChI=1S/C31H44BFN2O5.C25H33FN2O3.C16H26N2O.C15H19BClFO4.BH2O2/c1-12-24(29(4,5)6)35(28(37)22-16-19(2)15-20(3)17-22)34-27(36)23-14-13-21(18-38-11)25(26(23)33)32-39-30(7,8)31(9,10)40-32;1-8-22(25(4,5)6)28(24(30)19-12-16(2)11-17(3)13-19)27-23(29)20-10-9-18(15-31-7)14-21(20)26;1-7-14(16(4,5)6)18(17)15(19)13-9-11(2)8-12(3)10-13;1-14(2)15(3,4)22-16(21-14)11-9(8-20-5)6-7-10(12(11)18)13(17)19;2-1-3/h13-17,24H,12,18H2,1-11H3,(H,34,36);9-14,22H,8,15H2,1-7H3,(H,27,29);8-10,14H,7,17H2,1-6H3;6-7H,8H2,1-5H3;2-3H/t24-;22-;14-;;/m111../s1. The van der Waals surface area contributed by atoms with Gasteiger partial charge in [-0.1, -0.05) is 153 Å². The number of nitrogens with zero attached hydrogens (tertiary/aromatic N) is 3. The molecule has 0 unspecified atom stereocenters. The molecule has 0 aromatic heterocycles. The molecule has 2 heterocycles. The highest BCUT2D eigenvalue weighted by atomic mass is 35.5. The Morgan fingerprint density at radius 2 is 0.757 bits per heavy atom. The molecule has 2 aliphatic heterocycles. The van der Waals surface area contributed by atoms with E-state index in [1.165, 1.54) is 60.6 Å². The summed E-state index contributed by atoms with van der Waals surface area (Å²) in [5.74, 6) is 1.74. The third-order valence-electron chi connectivity index (χ3n) is 20.8. The summed E-state index contributed by atoms with van der Waals surface area (Å²) < 4.78 is 85.1. The minimum absolute atomic E-state index is 0. The van der Waals surface area contributed by atoms with E-state index in [1.807, 2.05) is 177 Å². The molecule has 2 saturated heterocycles. The van der Waals surface area contributed by atoms with Crippen molar-refractivity contribution in [2.45, 2.75) is 260 Å². The monoisotopic (exact) mass is 1620 g/mol. The number of amides is 5. The molecule has 2 aliphatic rings. The van der Waals surface area contributed by atoms with Crippen LogP contribution in [-0.2, 0) is 52.6 Å². The molecular weight excluding hydrogens is 1490 g/mol. The van der Waals surface area contributed by atoms with Gasteiger partial charge >= 0.3 is 21.9 Å². The smallest absolute Gasteiger partial charge is 0.429 e. The number of carbonyl (C=O) groups is 6. The zero-order chi connectivity index (χ0) is 87.8. The van der Waals surface area contributed by atoms with Gasteiger partial charge in [0.2, 0.25) is 0 Å². The van der Waals surface area contributed by atoms with E-state index in [2.05, 4.69) is 44.6 Å². The van der Waals surface area contributed by atoms with Gasteiger partial charge in [-0.3, -0.25) is 44.6 Å². The maximum atomic E-state index is 16.3. The second-order valence-electron chi connectivity index (χ2n) is 34.6. The van der Waals surface area contributed by atoms with Gasteiger partial charge in [-0.2, -0.15) is 0 Å². The van der Waals surface area contributed by atoms with Crippen molar-refractivity contribution in [2.75, 3.05) is 21.3 Å². The van der Waals surface area contributed by atoms with E-state index in [0.29, 0.717) is 46.2 Å². The van der Waals surface area contributed by atoms with Crippen LogP contribution in [0.2, 0.25) is 0 Å². The molecule has 6 N–H and O–H groups in total. The topological polar surface area (TPSA) is 267 Å². The van der Waals surface area contributed by atoms with Gasteiger partial charge in [0.05, 0.1) is 77.0 Å². The number of methoxy groups -OCH3 is 3. The summed E-state index contributed by atoms with van der Waals surface area (Å²) in [4.78, 5) is 77.9. The Morgan fingerprint density at radius 3 is 1.04 bits per heavy atom. The Hall–Kier alpha value is -7.79. The quantitative estimate of drug-likeness (QED) is 0.0156. The van der Waals surface area contributed by atoms with Gasteiger partial charge in [-0.15, -0.1) is 0 Å². The van der Waals surface area contributed by atoms with Crippen LogP contribution >= 0.6 is 11.6 Å². The average molecular weight is 1620 g/mol. The van der Waals surface area contributed by atoms with Crippen molar-refractivity contribution in [3.8, 4) is 0 Å². The predicted molar refractivity (Wildman–Crippen MR) is 449 cm³/mol. The van der Waals surface area contributed by atoms with Crippen molar-refractivity contribution < 1.29 is 84.8 Å². The number of hydrazine groups is 3. The summed E-state index contributed by atoms with van der Waals surface area (Å²) >= 11 is 5.44. The summed E-state index contributed by atoms with van der Waals surface area (Å²) in [5.41, 5.74) is 11.1. The molecule has 5 amide bonds. The summed E-state index contributed by atoms with van der Waals surface area (Å²) in [5, 5.41) is 17.3. The molecule has 21 nitrogen and oxygen atoms in total. The molecule has 0 spiro atoms. The molecule has 0 aliphatic carbocycles. The van der Waals surface area contributed by atoms with Crippen molar-refractivity contribution in [3.05, 3.63) is 198 Å². The number of hydrogen-bond acceptors (Lipinski definition) is 16. The third-order valence-corrected chi connectivity index (χ3v) is 21.0. The maximum Gasteiger partial charge on any atom is 0.498 e. The molecule has 8 rings (SSSR count). The lowest BCUT2D eigenvalue weighted by atomic mass is 9.74. The van der Waals surface area contributed by atoms with Gasteiger partial charge in [0.25, 0.3) is 34.8 Å². The number of aryl methyl sites for hydroxylation is 6. The van der Waals surface area contributed by atoms with Crippen LogP contribution in [0, 0.1) is 75.2 Å². The van der Waals surface area contributed by atoms with Crippen molar-refractivity contribution in [1.82, 2.24) is 25.9 Å². The molecule has 0 bridgehead atoms. The van der Waals surface area contributed by atoms with Crippen LogP contribution in [0.25, 0.3) is 0 Å². The van der Waals surface area contributed by atoms with E-state index in [1.54, 1.807) is 42.5 Å². The van der Waals surface area contributed by atoms with Crippen LogP contribution in [0.5, 0.6) is 0 Å². The van der Waals surface area contributed by atoms with Crippen LogP contribution < -0.4 is 27.6 Å². The number of nitrogens with one attached hydrogen (secondary N) is 2. The lowest BCUT2D eigenvalue weighted by Crippen LogP contribution is -2.56. The van der Waals surface area contributed by atoms with Gasteiger partial charge in [0.15, 0.2) is 0 Å². The van der Waals surface area contributed by atoms with E-state index in [4.69, 9.17) is 60.3 Å². The fourth-order valence-electron chi connectivity index (χ4n) is 13.9. The first kappa shape index (κ1) is 99.6. The van der Waals surface area contributed by atoms with Crippen LogP contribution in [-0.4, -0.2) is 144 Å². The van der Waals surface area contributed by atoms with E-state index in [0.717, 1.165) is 39.8 Å². The number of hydrogen-bond donors (Lipinski definition) is 5. The average Bonchev–Trinajstić information content (AvgIpc) is 1.61. The number of nitrogens with two attached hydrogens (primary N) is 1. The fraction of sp³-hybridized carbons (Fsp3) is 0.517. The molecule has 2 fully saturated rings. The van der Waals surface area contributed by atoms with Crippen LogP contribution in [0.1, 0.15) is 270 Å². The molecule has 115 heavy (non-hydrogen) atoms. The Labute approximate surface area is 687 Å². The molecule has 629 valence electrons. The summed E-state index contributed by atoms with van der Waals surface area (Å²) in [6.07, 6.45) is 2.04. The highest BCUT2D eigenvalue weighted by molar-refractivity contribution is 6.68. The van der Waals surface area contributed by atoms with Crippen LogP contribution in [0.15, 0.2) is 97.1 Å². The predicted octanol–water partition coefficient (Wildman–Crippen LogP) is 15.3. The van der Waals surface area contributed by atoms with Gasteiger partial charge in [-0.05, 0) is 221 Å². The lowest BCUT2D eigenvalue weighted by Gasteiger charge is -2.39. The molecule has 6 aromatic carbocycles. The Balaban J connectivity index is 0.000000331. The molecule has 28 heteroatoms. The van der Waals surface area contributed by atoms with Gasteiger partial charge in [0, 0.05) is 48.9 Å². The van der Waals surface area contributed by atoms with E-state index in [9.17, 15) is 37.5 Å². The summed E-state index contributed by atoms with van der Waals surface area (Å²) in [6, 6.07) is 26.7. The normalized spacial score (nSPS) is 15.3. The zero-order valence-corrected chi connectivity index (χ0v) is 73.8.